The molecule has 0 saturated carbocycles. The molecule has 1 fully saturated rings. The lowest BCUT2D eigenvalue weighted by Crippen LogP contribution is -2.41. The minimum atomic E-state index is -4.07. The van der Waals surface area contributed by atoms with Gasteiger partial charge in [0.05, 0.1) is 4.90 Å². The average Bonchev–Trinajstić information content (AvgIpc) is 3.15. The standard InChI is InChI=1S/C17H20N2O9S/c20-14(21)8-7-12(16(23)24)18-15(22)10-3-5-11(6-4-10)29(27,28)19-9-1-2-13(19)17(25)26/h3-6,12-13H,1-2,7-9H2,(H,18,22)(H,20,21)(H,23,24)(H,25,26)/t12-,13?/m0/s1. The van der Waals surface area contributed by atoms with Crippen molar-refractivity contribution in [2.45, 2.75) is 42.7 Å². The molecule has 12 heteroatoms. The molecule has 0 spiro atoms. The SMILES string of the molecule is O=C(O)CC[C@H](NC(=O)c1ccc(S(=O)(=O)N2CCCC2C(=O)O)cc1)C(=O)O. The van der Waals surface area contributed by atoms with Crippen LogP contribution in [-0.4, -0.2) is 70.5 Å². The number of carbonyl (C=O) groups is 4. The number of benzene rings is 1. The van der Waals surface area contributed by atoms with Crippen LogP contribution in [0.1, 0.15) is 36.0 Å². The molecule has 2 rings (SSSR count). The second-order valence-electron chi connectivity index (χ2n) is 6.43. The van der Waals surface area contributed by atoms with E-state index in [4.69, 9.17) is 10.2 Å². The van der Waals surface area contributed by atoms with E-state index in [-0.39, 0.29) is 29.8 Å². The van der Waals surface area contributed by atoms with Crippen molar-refractivity contribution in [2.75, 3.05) is 6.54 Å². The fourth-order valence-electron chi connectivity index (χ4n) is 2.96. The van der Waals surface area contributed by atoms with Crippen LogP contribution in [-0.2, 0) is 24.4 Å². The van der Waals surface area contributed by atoms with Crippen LogP contribution in [0.5, 0.6) is 0 Å². The largest absolute Gasteiger partial charge is 0.481 e. The number of nitrogens with one attached hydrogen (secondary N) is 1. The number of hydrogen-bond donors (Lipinski definition) is 4. The number of hydrogen-bond acceptors (Lipinski definition) is 6. The van der Waals surface area contributed by atoms with Crippen molar-refractivity contribution in [1.29, 1.82) is 0 Å². The van der Waals surface area contributed by atoms with Crippen molar-refractivity contribution in [2.24, 2.45) is 0 Å². The van der Waals surface area contributed by atoms with E-state index >= 15 is 0 Å². The smallest absolute Gasteiger partial charge is 0.326 e. The molecule has 1 unspecified atom stereocenters. The highest BCUT2D eigenvalue weighted by Gasteiger charge is 2.39. The molecular weight excluding hydrogens is 408 g/mol. The molecule has 0 radical (unpaired) electrons. The normalized spacial score (nSPS) is 18.1. The van der Waals surface area contributed by atoms with Crippen LogP contribution in [0.4, 0.5) is 0 Å². The molecule has 1 aromatic carbocycles. The fraction of sp³-hybridized carbons (Fsp3) is 0.412. The topological polar surface area (TPSA) is 178 Å². The molecule has 11 nitrogen and oxygen atoms in total. The van der Waals surface area contributed by atoms with E-state index in [0.29, 0.717) is 6.42 Å². The number of sulfonamides is 1. The van der Waals surface area contributed by atoms with E-state index in [1.54, 1.807) is 0 Å². The summed E-state index contributed by atoms with van der Waals surface area (Å²) >= 11 is 0. The molecule has 1 saturated heterocycles. The summed E-state index contributed by atoms with van der Waals surface area (Å²) in [4.78, 5) is 45.0. The summed E-state index contributed by atoms with van der Waals surface area (Å²) in [6.45, 7) is 0.0748. The van der Waals surface area contributed by atoms with E-state index in [1.165, 1.54) is 12.1 Å². The molecule has 0 aliphatic carbocycles. The zero-order valence-corrected chi connectivity index (χ0v) is 16.0. The first kappa shape index (κ1) is 22.3. The lowest BCUT2D eigenvalue weighted by atomic mass is 10.1. The van der Waals surface area contributed by atoms with Crippen LogP contribution in [0.25, 0.3) is 0 Å². The van der Waals surface area contributed by atoms with Crippen LogP contribution in [0.3, 0.4) is 0 Å². The van der Waals surface area contributed by atoms with Gasteiger partial charge in [-0.1, -0.05) is 0 Å². The van der Waals surface area contributed by atoms with Crippen molar-refractivity contribution >= 4 is 33.8 Å². The predicted molar refractivity (Wildman–Crippen MR) is 96.8 cm³/mol. The molecule has 1 aliphatic heterocycles. The minimum absolute atomic E-state index is 0.0262. The number of carboxylic acid groups (broad SMARTS) is 3. The van der Waals surface area contributed by atoms with Crippen LogP contribution in [0.15, 0.2) is 29.2 Å². The molecule has 1 aromatic rings. The first-order valence-corrected chi connectivity index (χ1v) is 10.1. The maximum absolute atomic E-state index is 12.7. The van der Waals surface area contributed by atoms with Gasteiger partial charge in [-0.3, -0.25) is 14.4 Å². The van der Waals surface area contributed by atoms with Crippen molar-refractivity contribution in [3.63, 3.8) is 0 Å². The van der Waals surface area contributed by atoms with Gasteiger partial charge in [-0.05, 0) is 43.5 Å². The molecule has 1 amide bonds. The first-order chi connectivity index (χ1) is 13.5. The van der Waals surface area contributed by atoms with E-state index in [9.17, 15) is 32.7 Å². The van der Waals surface area contributed by atoms with Crippen molar-refractivity contribution in [3.8, 4) is 0 Å². The third-order valence-electron chi connectivity index (χ3n) is 4.46. The Kier molecular flexibility index (Phi) is 6.93. The lowest BCUT2D eigenvalue weighted by molar-refractivity contribution is -0.141. The Balaban J connectivity index is 2.14. The number of nitrogens with zero attached hydrogens (tertiary/aromatic N) is 1. The Morgan fingerprint density at radius 1 is 1.10 bits per heavy atom. The van der Waals surface area contributed by atoms with Crippen molar-refractivity contribution in [1.82, 2.24) is 9.62 Å². The third-order valence-corrected chi connectivity index (χ3v) is 6.38. The summed E-state index contributed by atoms with van der Waals surface area (Å²) in [5.74, 6) is -4.64. The molecule has 158 valence electrons. The monoisotopic (exact) mass is 428 g/mol. The zero-order valence-electron chi connectivity index (χ0n) is 15.1. The molecular formula is C17H20N2O9S. The van der Waals surface area contributed by atoms with Gasteiger partial charge in [0.25, 0.3) is 5.91 Å². The average molecular weight is 428 g/mol. The van der Waals surface area contributed by atoms with E-state index in [0.717, 1.165) is 16.4 Å². The van der Waals surface area contributed by atoms with Crippen LogP contribution in [0, 0.1) is 0 Å². The van der Waals surface area contributed by atoms with Gasteiger partial charge in [0.1, 0.15) is 12.1 Å². The number of carbonyl (C=O) groups excluding carboxylic acids is 1. The second-order valence-corrected chi connectivity index (χ2v) is 8.32. The molecule has 1 aliphatic rings. The van der Waals surface area contributed by atoms with Gasteiger partial charge in [0.15, 0.2) is 0 Å². The Morgan fingerprint density at radius 3 is 2.24 bits per heavy atom. The number of rotatable bonds is 9. The predicted octanol–water partition coefficient (Wildman–Crippen LogP) is -0.0279. The second kappa shape index (κ2) is 9.01. The fourth-order valence-corrected chi connectivity index (χ4v) is 4.61. The highest BCUT2D eigenvalue weighted by molar-refractivity contribution is 7.89. The van der Waals surface area contributed by atoms with Crippen LogP contribution in [0.2, 0.25) is 0 Å². The van der Waals surface area contributed by atoms with Gasteiger partial charge in [0, 0.05) is 18.5 Å². The molecule has 29 heavy (non-hydrogen) atoms. The van der Waals surface area contributed by atoms with Gasteiger partial charge in [-0.25, -0.2) is 13.2 Å². The quantitative estimate of drug-likeness (QED) is 0.420. The summed E-state index contributed by atoms with van der Waals surface area (Å²) in [5.41, 5.74) is -0.0262. The van der Waals surface area contributed by atoms with Crippen LogP contribution >= 0.6 is 0 Å². The summed E-state index contributed by atoms with van der Waals surface area (Å²) in [5, 5.41) is 29.1. The molecule has 4 N–H and O–H groups in total. The van der Waals surface area contributed by atoms with Gasteiger partial charge in [-0.2, -0.15) is 4.31 Å². The highest BCUT2D eigenvalue weighted by Crippen LogP contribution is 2.26. The van der Waals surface area contributed by atoms with E-state index in [1.807, 2.05) is 0 Å². The number of amides is 1. The van der Waals surface area contributed by atoms with Gasteiger partial charge >= 0.3 is 17.9 Å². The van der Waals surface area contributed by atoms with Gasteiger partial charge in [0.2, 0.25) is 10.0 Å². The zero-order chi connectivity index (χ0) is 21.8. The Bertz CT molecular complexity index is 911. The third kappa shape index (κ3) is 5.29. The molecule has 2 atom stereocenters. The van der Waals surface area contributed by atoms with E-state index in [2.05, 4.69) is 5.32 Å². The number of carboxylic acids is 3. The number of aliphatic carboxylic acids is 3. The molecule has 0 aromatic heterocycles. The Labute approximate surface area is 166 Å². The lowest BCUT2D eigenvalue weighted by Gasteiger charge is -2.21. The van der Waals surface area contributed by atoms with Gasteiger partial charge in [-0.15, -0.1) is 0 Å². The van der Waals surface area contributed by atoms with Crippen molar-refractivity contribution < 1.29 is 42.9 Å². The summed E-state index contributed by atoms with van der Waals surface area (Å²) < 4.78 is 26.3. The first-order valence-electron chi connectivity index (χ1n) is 8.64. The summed E-state index contributed by atoms with van der Waals surface area (Å²) in [6, 6.07) is 2.05. The maximum Gasteiger partial charge on any atom is 0.326 e. The summed E-state index contributed by atoms with van der Waals surface area (Å²) in [7, 11) is -4.07. The Hall–Kier alpha value is -2.99. The Morgan fingerprint density at radius 2 is 1.72 bits per heavy atom. The molecule has 0 bridgehead atoms. The maximum atomic E-state index is 12.7. The van der Waals surface area contributed by atoms with Crippen molar-refractivity contribution in [3.05, 3.63) is 29.8 Å². The van der Waals surface area contributed by atoms with Crippen LogP contribution < -0.4 is 5.32 Å². The minimum Gasteiger partial charge on any atom is -0.481 e. The highest BCUT2D eigenvalue weighted by atomic mass is 32.2. The summed E-state index contributed by atoms with van der Waals surface area (Å²) in [6.07, 6.45) is -0.130. The van der Waals surface area contributed by atoms with Gasteiger partial charge < -0.3 is 20.6 Å². The van der Waals surface area contributed by atoms with E-state index < -0.39 is 52.3 Å². The molecule has 1 heterocycles.